The monoisotopic (exact) mass is 418 g/mol. The molecule has 116 valence electrons. The molecule has 2 aliphatic rings. The van der Waals surface area contributed by atoms with Crippen LogP contribution in [0, 0.1) is 0 Å². The van der Waals surface area contributed by atoms with Crippen molar-refractivity contribution in [1.29, 1.82) is 0 Å². The van der Waals surface area contributed by atoms with Crippen molar-refractivity contribution in [2.75, 3.05) is 20.3 Å². The Morgan fingerprint density at radius 3 is 2.43 bits per heavy atom. The number of hydrogen-bond acceptors (Lipinski definition) is 3. The van der Waals surface area contributed by atoms with Crippen molar-refractivity contribution in [1.82, 2.24) is 0 Å². The molecule has 1 aliphatic heterocycles. The molecule has 1 aliphatic carbocycles. The summed E-state index contributed by atoms with van der Waals surface area (Å²) in [5.74, 6) is 1.67. The van der Waals surface area contributed by atoms with Crippen LogP contribution in [0.4, 0.5) is 0 Å². The average molecular weight is 420 g/mol. The first-order chi connectivity index (χ1) is 10.1. The van der Waals surface area contributed by atoms with E-state index in [9.17, 15) is 0 Å². The van der Waals surface area contributed by atoms with Crippen molar-refractivity contribution < 1.29 is 14.2 Å². The van der Waals surface area contributed by atoms with Gasteiger partial charge >= 0.3 is 0 Å². The summed E-state index contributed by atoms with van der Waals surface area (Å²) in [7, 11) is 1.82. The average Bonchev–Trinajstić information content (AvgIpc) is 2.66. The molecule has 1 aromatic rings. The van der Waals surface area contributed by atoms with Gasteiger partial charge in [-0.05, 0) is 43.4 Å². The molecule has 3 nitrogen and oxygen atoms in total. The molecule has 21 heavy (non-hydrogen) atoms. The Balaban J connectivity index is 1.82. The Bertz CT molecular complexity index is 509. The SMILES string of the molecule is COC1(CC(Br)c2cc3c(cc2Br)OCCCO3)CCC1. The van der Waals surface area contributed by atoms with Gasteiger partial charge in [0.15, 0.2) is 11.5 Å². The zero-order valence-electron chi connectivity index (χ0n) is 12.2. The van der Waals surface area contributed by atoms with E-state index in [1.54, 1.807) is 0 Å². The molecule has 0 N–H and O–H groups in total. The Morgan fingerprint density at radius 2 is 1.86 bits per heavy atom. The predicted octanol–water partition coefficient (Wildman–Crippen LogP) is 5.01. The summed E-state index contributed by atoms with van der Waals surface area (Å²) >= 11 is 7.49. The lowest BCUT2D eigenvalue weighted by Gasteiger charge is -2.42. The molecule has 3 rings (SSSR count). The molecule has 0 amide bonds. The normalized spacial score (nSPS) is 21.3. The van der Waals surface area contributed by atoms with Crippen LogP contribution < -0.4 is 9.47 Å². The summed E-state index contributed by atoms with van der Waals surface area (Å²) in [6.45, 7) is 1.42. The van der Waals surface area contributed by atoms with Gasteiger partial charge in [0.05, 0.1) is 18.8 Å². The number of benzene rings is 1. The molecule has 1 heterocycles. The third-order valence-electron chi connectivity index (χ3n) is 4.45. The third-order valence-corrected chi connectivity index (χ3v) is 5.96. The van der Waals surface area contributed by atoms with Crippen molar-refractivity contribution in [3.8, 4) is 11.5 Å². The highest BCUT2D eigenvalue weighted by atomic mass is 79.9. The second kappa shape index (κ2) is 6.47. The summed E-state index contributed by atoms with van der Waals surface area (Å²) < 4.78 is 18.3. The molecule has 0 radical (unpaired) electrons. The lowest BCUT2D eigenvalue weighted by atomic mass is 9.76. The van der Waals surface area contributed by atoms with Gasteiger partial charge in [-0.3, -0.25) is 0 Å². The predicted molar refractivity (Wildman–Crippen MR) is 89.6 cm³/mol. The number of halogens is 2. The van der Waals surface area contributed by atoms with Crippen LogP contribution in [0.1, 0.15) is 42.5 Å². The van der Waals surface area contributed by atoms with E-state index >= 15 is 0 Å². The molecule has 1 unspecified atom stereocenters. The number of alkyl halides is 1. The smallest absolute Gasteiger partial charge is 0.162 e. The number of rotatable bonds is 4. The van der Waals surface area contributed by atoms with Crippen LogP contribution in [0.5, 0.6) is 11.5 Å². The van der Waals surface area contributed by atoms with Gasteiger partial charge in [0, 0.05) is 22.8 Å². The summed E-state index contributed by atoms with van der Waals surface area (Å²) in [4.78, 5) is 0.240. The zero-order valence-corrected chi connectivity index (χ0v) is 15.3. The van der Waals surface area contributed by atoms with Gasteiger partial charge in [-0.2, -0.15) is 0 Å². The van der Waals surface area contributed by atoms with Gasteiger partial charge in [-0.1, -0.05) is 31.9 Å². The van der Waals surface area contributed by atoms with E-state index < -0.39 is 0 Å². The molecular weight excluding hydrogens is 400 g/mol. The largest absolute Gasteiger partial charge is 0.490 e. The highest BCUT2D eigenvalue weighted by Gasteiger charge is 2.39. The van der Waals surface area contributed by atoms with Crippen LogP contribution in [-0.2, 0) is 4.74 Å². The minimum absolute atomic E-state index is 0.0394. The third kappa shape index (κ3) is 3.25. The van der Waals surface area contributed by atoms with Gasteiger partial charge < -0.3 is 14.2 Å². The van der Waals surface area contributed by atoms with Crippen LogP contribution >= 0.6 is 31.9 Å². The molecule has 0 saturated heterocycles. The standard InChI is InChI=1S/C16H20Br2O3/c1-19-16(4-2-5-16)10-13(18)11-8-14-15(9-12(11)17)21-7-3-6-20-14/h8-9,13H,2-7,10H2,1H3. The fraction of sp³-hybridized carbons (Fsp3) is 0.625. The van der Waals surface area contributed by atoms with Crippen molar-refractivity contribution in [2.24, 2.45) is 0 Å². The van der Waals surface area contributed by atoms with E-state index in [-0.39, 0.29) is 10.4 Å². The first-order valence-corrected chi connectivity index (χ1v) is 9.13. The fourth-order valence-corrected chi connectivity index (χ4v) is 4.81. The summed E-state index contributed by atoms with van der Waals surface area (Å²) in [6.07, 6.45) is 5.45. The number of ether oxygens (including phenoxy) is 3. The van der Waals surface area contributed by atoms with Gasteiger partial charge in [-0.15, -0.1) is 0 Å². The summed E-state index contributed by atoms with van der Waals surface area (Å²) in [6, 6.07) is 4.11. The topological polar surface area (TPSA) is 27.7 Å². The van der Waals surface area contributed by atoms with E-state index in [2.05, 4.69) is 37.9 Å². The number of fused-ring (bicyclic) bond motifs is 1. The van der Waals surface area contributed by atoms with Gasteiger partial charge in [0.2, 0.25) is 0 Å². The van der Waals surface area contributed by atoms with Crippen molar-refractivity contribution >= 4 is 31.9 Å². The van der Waals surface area contributed by atoms with Gasteiger partial charge in [0.1, 0.15) is 0 Å². The van der Waals surface area contributed by atoms with Crippen molar-refractivity contribution in [3.05, 3.63) is 22.2 Å². The molecule has 1 fully saturated rings. The second-order valence-electron chi connectivity index (χ2n) is 5.78. The van der Waals surface area contributed by atoms with E-state index in [1.165, 1.54) is 12.0 Å². The van der Waals surface area contributed by atoms with Crippen molar-refractivity contribution in [2.45, 2.75) is 42.5 Å². The Labute approximate surface area is 142 Å². The molecule has 0 aromatic heterocycles. The number of hydrogen-bond donors (Lipinski definition) is 0. The van der Waals surface area contributed by atoms with Gasteiger partial charge in [-0.25, -0.2) is 0 Å². The first-order valence-electron chi connectivity index (χ1n) is 7.42. The summed E-state index contributed by atoms with van der Waals surface area (Å²) in [5.41, 5.74) is 1.24. The minimum Gasteiger partial charge on any atom is -0.490 e. The Hall–Kier alpha value is -0.260. The fourth-order valence-electron chi connectivity index (χ4n) is 2.94. The Morgan fingerprint density at radius 1 is 1.19 bits per heavy atom. The highest BCUT2D eigenvalue weighted by molar-refractivity contribution is 9.11. The molecule has 0 bridgehead atoms. The summed E-state index contributed by atoms with van der Waals surface area (Å²) in [5, 5.41) is 0. The lowest BCUT2D eigenvalue weighted by Crippen LogP contribution is -2.39. The molecule has 5 heteroatoms. The lowest BCUT2D eigenvalue weighted by molar-refractivity contribution is -0.0773. The van der Waals surface area contributed by atoms with Crippen LogP contribution in [0.15, 0.2) is 16.6 Å². The van der Waals surface area contributed by atoms with Crippen molar-refractivity contribution in [3.63, 3.8) is 0 Å². The van der Waals surface area contributed by atoms with Gasteiger partial charge in [0.25, 0.3) is 0 Å². The van der Waals surface area contributed by atoms with Crippen LogP contribution in [0.2, 0.25) is 0 Å². The maximum atomic E-state index is 5.79. The van der Waals surface area contributed by atoms with Crippen LogP contribution in [0.3, 0.4) is 0 Å². The second-order valence-corrected chi connectivity index (χ2v) is 7.74. The van der Waals surface area contributed by atoms with Crippen LogP contribution in [-0.4, -0.2) is 25.9 Å². The quantitative estimate of drug-likeness (QED) is 0.642. The minimum atomic E-state index is 0.0394. The zero-order chi connectivity index (χ0) is 14.9. The van der Waals surface area contributed by atoms with E-state index in [4.69, 9.17) is 14.2 Å². The molecular formula is C16H20Br2O3. The maximum Gasteiger partial charge on any atom is 0.162 e. The molecule has 1 atom stereocenters. The first kappa shape index (κ1) is 15.6. The molecule has 1 aromatic carbocycles. The maximum absolute atomic E-state index is 5.79. The molecule has 1 saturated carbocycles. The molecule has 0 spiro atoms. The highest BCUT2D eigenvalue weighted by Crippen LogP contribution is 2.47. The van der Waals surface area contributed by atoms with E-state index in [0.717, 1.165) is 41.7 Å². The number of methoxy groups -OCH3 is 1. The van der Waals surface area contributed by atoms with Crippen LogP contribution in [0.25, 0.3) is 0 Å². The van der Waals surface area contributed by atoms with E-state index in [1.807, 2.05) is 13.2 Å². The Kier molecular flexibility index (Phi) is 4.81. The van der Waals surface area contributed by atoms with E-state index in [0.29, 0.717) is 13.2 Å².